The smallest absolute Gasteiger partial charge is 0.424 e. The number of nitrogens with zero attached hydrogens (tertiary/aromatic N) is 1. The number of carbonyl (C=O) groups excluding carboxylic acids is 2. The van der Waals surface area contributed by atoms with Crippen molar-refractivity contribution in [1.29, 1.82) is 0 Å². The molecule has 0 bridgehead atoms. The Morgan fingerprint density at radius 2 is 1.85 bits per heavy atom. The summed E-state index contributed by atoms with van der Waals surface area (Å²) in [7, 11) is 1.59. The highest BCUT2D eigenvalue weighted by molar-refractivity contribution is 5.68. The lowest BCUT2D eigenvalue weighted by Gasteiger charge is -2.25. The van der Waals surface area contributed by atoms with Crippen molar-refractivity contribution in [3.05, 3.63) is 35.9 Å². The predicted octanol–water partition coefficient (Wildman–Crippen LogP) is 3.84. The molecule has 0 heterocycles. The number of hydrogen-bond acceptors (Lipinski definition) is 5. The van der Waals surface area contributed by atoms with Gasteiger partial charge in [-0.25, -0.2) is 20.0 Å². The van der Waals surface area contributed by atoms with E-state index in [1.165, 1.54) is 5.01 Å². The fourth-order valence-electron chi connectivity index (χ4n) is 2.28. The van der Waals surface area contributed by atoms with Gasteiger partial charge in [0, 0.05) is 19.6 Å². The molecule has 0 saturated heterocycles. The first-order valence-electron chi connectivity index (χ1n) is 9.38. The normalized spacial score (nSPS) is 12.2. The summed E-state index contributed by atoms with van der Waals surface area (Å²) in [5, 5.41) is 4.15. The summed E-state index contributed by atoms with van der Waals surface area (Å²) in [5.41, 5.74) is 3.36. The van der Waals surface area contributed by atoms with Gasteiger partial charge in [-0.05, 0) is 32.8 Å². The third-order valence-electron chi connectivity index (χ3n) is 3.68. The SMILES string of the molecule is CCCC[C@H](CNN(C)C(=O)OCc1ccccc1)NC(=O)OC(C)(C)C. The van der Waals surface area contributed by atoms with Crippen molar-refractivity contribution in [2.24, 2.45) is 0 Å². The minimum absolute atomic E-state index is 0.149. The van der Waals surface area contributed by atoms with Crippen LogP contribution in [0, 0.1) is 0 Å². The molecule has 0 aliphatic heterocycles. The zero-order chi connectivity index (χ0) is 20.3. The average Bonchev–Trinajstić information content (AvgIpc) is 2.60. The fraction of sp³-hybridized carbons (Fsp3) is 0.600. The molecule has 7 heteroatoms. The van der Waals surface area contributed by atoms with Crippen LogP contribution in [0.4, 0.5) is 9.59 Å². The molecule has 0 aromatic heterocycles. The highest BCUT2D eigenvalue weighted by Gasteiger charge is 2.20. The Labute approximate surface area is 162 Å². The van der Waals surface area contributed by atoms with Crippen molar-refractivity contribution in [1.82, 2.24) is 15.8 Å². The van der Waals surface area contributed by atoms with E-state index in [-0.39, 0.29) is 12.6 Å². The number of hydrazine groups is 1. The Hall–Kier alpha value is -2.28. The third-order valence-corrected chi connectivity index (χ3v) is 3.68. The number of unbranched alkanes of at least 4 members (excludes halogenated alkanes) is 1. The summed E-state index contributed by atoms with van der Waals surface area (Å²) in [4.78, 5) is 24.1. The van der Waals surface area contributed by atoms with Crippen LogP contribution in [0.2, 0.25) is 0 Å². The van der Waals surface area contributed by atoms with Crippen LogP contribution in [-0.4, -0.2) is 42.4 Å². The molecule has 27 heavy (non-hydrogen) atoms. The summed E-state index contributed by atoms with van der Waals surface area (Å²) in [5.74, 6) is 0. The molecule has 152 valence electrons. The van der Waals surface area contributed by atoms with E-state index < -0.39 is 17.8 Å². The van der Waals surface area contributed by atoms with E-state index in [0.29, 0.717) is 6.54 Å². The third kappa shape index (κ3) is 10.5. The van der Waals surface area contributed by atoms with Gasteiger partial charge in [0.1, 0.15) is 12.2 Å². The standard InChI is InChI=1S/C20H33N3O4/c1-6-7-13-17(22-18(24)27-20(2,3)4)14-21-23(5)19(25)26-15-16-11-9-8-10-12-16/h8-12,17,21H,6-7,13-15H2,1-5H3,(H,22,24)/t17-/m1/s1. The summed E-state index contributed by atoms with van der Waals surface area (Å²) >= 11 is 0. The molecule has 0 saturated carbocycles. The lowest BCUT2D eigenvalue weighted by molar-refractivity contribution is 0.0491. The van der Waals surface area contributed by atoms with Gasteiger partial charge in [0.25, 0.3) is 0 Å². The zero-order valence-corrected chi connectivity index (χ0v) is 17.1. The Kier molecular flexibility index (Phi) is 9.64. The molecule has 0 unspecified atom stereocenters. The number of hydrogen-bond donors (Lipinski definition) is 2. The number of amides is 2. The van der Waals surface area contributed by atoms with Crippen molar-refractivity contribution < 1.29 is 19.1 Å². The molecule has 1 aromatic rings. The number of benzene rings is 1. The molecule has 1 rings (SSSR count). The van der Waals surface area contributed by atoms with E-state index in [4.69, 9.17) is 9.47 Å². The van der Waals surface area contributed by atoms with Crippen LogP contribution < -0.4 is 10.7 Å². The second-order valence-corrected chi connectivity index (χ2v) is 7.45. The molecule has 2 amide bonds. The molecule has 7 nitrogen and oxygen atoms in total. The predicted molar refractivity (Wildman–Crippen MR) is 105 cm³/mol. The van der Waals surface area contributed by atoms with E-state index in [1.54, 1.807) is 7.05 Å². The van der Waals surface area contributed by atoms with E-state index in [0.717, 1.165) is 24.8 Å². The number of alkyl carbamates (subject to hydrolysis) is 1. The number of nitrogens with one attached hydrogen (secondary N) is 2. The van der Waals surface area contributed by atoms with Gasteiger partial charge >= 0.3 is 12.2 Å². The fourth-order valence-corrected chi connectivity index (χ4v) is 2.28. The van der Waals surface area contributed by atoms with Gasteiger partial charge in [-0.2, -0.15) is 0 Å². The van der Waals surface area contributed by atoms with Crippen LogP contribution in [-0.2, 0) is 16.1 Å². The first-order valence-corrected chi connectivity index (χ1v) is 9.38. The minimum Gasteiger partial charge on any atom is -0.444 e. The lowest BCUT2D eigenvalue weighted by atomic mass is 10.1. The van der Waals surface area contributed by atoms with Gasteiger partial charge in [-0.15, -0.1) is 0 Å². The van der Waals surface area contributed by atoms with Crippen molar-refractivity contribution in [3.63, 3.8) is 0 Å². The lowest BCUT2D eigenvalue weighted by Crippen LogP contribution is -2.49. The molecule has 2 N–H and O–H groups in total. The Balaban J connectivity index is 2.45. The van der Waals surface area contributed by atoms with Crippen LogP contribution in [0.3, 0.4) is 0 Å². The first-order chi connectivity index (χ1) is 12.7. The second kappa shape index (κ2) is 11.4. The van der Waals surface area contributed by atoms with Gasteiger partial charge in [0.05, 0.1) is 0 Å². The number of rotatable bonds is 9. The van der Waals surface area contributed by atoms with Crippen LogP contribution in [0.1, 0.15) is 52.5 Å². The Bertz CT molecular complexity index is 572. The second-order valence-electron chi connectivity index (χ2n) is 7.45. The maximum atomic E-state index is 12.1. The van der Waals surface area contributed by atoms with E-state index in [9.17, 15) is 9.59 Å². The van der Waals surface area contributed by atoms with Crippen molar-refractivity contribution >= 4 is 12.2 Å². The molecule has 0 aliphatic rings. The molecule has 0 radical (unpaired) electrons. The Morgan fingerprint density at radius 1 is 1.19 bits per heavy atom. The molecule has 0 aliphatic carbocycles. The summed E-state index contributed by atoms with van der Waals surface area (Å²) in [6.45, 7) is 8.16. The highest BCUT2D eigenvalue weighted by atomic mass is 16.6. The van der Waals surface area contributed by atoms with Crippen LogP contribution in [0.5, 0.6) is 0 Å². The molecular weight excluding hydrogens is 346 g/mol. The molecule has 1 aromatic carbocycles. The van der Waals surface area contributed by atoms with E-state index in [2.05, 4.69) is 17.7 Å². The minimum atomic E-state index is -0.551. The summed E-state index contributed by atoms with van der Waals surface area (Å²) in [6, 6.07) is 9.34. The number of carbonyl (C=O) groups is 2. The van der Waals surface area contributed by atoms with Crippen LogP contribution in [0.15, 0.2) is 30.3 Å². The zero-order valence-electron chi connectivity index (χ0n) is 17.1. The summed E-state index contributed by atoms with van der Waals surface area (Å²) in [6.07, 6.45) is 1.83. The van der Waals surface area contributed by atoms with Crippen molar-refractivity contribution in [3.8, 4) is 0 Å². The molecule has 0 fully saturated rings. The van der Waals surface area contributed by atoms with E-state index in [1.807, 2.05) is 51.1 Å². The molecule has 0 spiro atoms. The first kappa shape index (κ1) is 22.8. The van der Waals surface area contributed by atoms with E-state index >= 15 is 0 Å². The summed E-state index contributed by atoms with van der Waals surface area (Å²) < 4.78 is 10.6. The van der Waals surface area contributed by atoms with Crippen molar-refractivity contribution in [2.75, 3.05) is 13.6 Å². The Morgan fingerprint density at radius 3 is 2.44 bits per heavy atom. The van der Waals surface area contributed by atoms with Crippen LogP contribution >= 0.6 is 0 Å². The monoisotopic (exact) mass is 379 g/mol. The topological polar surface area (TPSA) is 79.9 Å². The highest BCUT2D eigenvalue weighted by Crippen LogP contribution is 2.08. The molecular formula is C20H33N3O4. The largest absolute Gasteiger partial charge is 0.444 e. The average molecular weight is 380 g/mol. The quantitative estimate of drug-likeness (QED) is 0.637. The van der Waals surface area contributed by atoms with Gasteiger partial charge < -0.3 is 14.8 Å². The van der Waals surface area contributed by atoms with Gasteiger partial charge in [0.2, 0.25) is 0 Å². The maximum absolute atomic E-state index is 12.1. The van der Waals surface area contributed by atoms with Gasteiger partial charge in [-0.3, -0.25) is 0 Å². The maximum Gasteiger partial charge on any atom is 0.424 e. The van der Waals surface area contributed by atoms with Gasteiger partial charge in [0.15, 0.2) is 0 Å². The van der Waals surface area contributed by atoms with Crippen molar-refractivity contribution in [2.45, 2.75) is 65.2 Å². The van der Waals surface area contributed by atoms with Gasteiger partial charge in [-0.1, -0.05) is 50.1 Å². The number of ether oxygens (including phenoxy) is 2. The molecule has 1 atom stereocenters. The van der Waals surface area contributed by atoms with Crippen LogP contribution in [0.25, 0.3) is 0 Å².